The Balaban J connectivity index is 2.70. The second kappa shape index (κ2) is 7.58. The molecule has 7 nitrogen and oxygen atoms in total. The number of non-ortho nitro benzene ring substituents is 1. The van der Waals surface area contributed by atoms with Crippen LogP contribution in [0, 0.1) is 10.1 Å². The minimum absolute atomic E-state index is 0.0601. The van der Waals surface area contributed by atoms with Crippen molar-refractivity contribution in [2.24, 2.45) is 0 Å². The van der Waals surface area contributed by atoms with Gasteiger partial charge in [-0.2, -0.15) is 0 Å². The maximum atomic E-state index is 11.5. The van der Waals surface area contributed by atoms with E-state index in [-0.39, 0.29) is 30.7 Å². The van der Waals surface area contributed by atoms with E-state index < -0.39 is 11.0 Å². The fourth-order valence-electron chi connectivity index (χ4n) is 1.76. The minimum Gasteiger partial charge on any atom is -0.493 e. The summed E-state index contributed by atoms with van der Waals surface area (Å²) in [6.07, 6.45) is -0.724. The quantitative estimate of drug-likeness (QED) is 0.591. The third kappa shape index (κ3) is 5.39. The van der Waals surface area contributed by atoms with Gasteiger partial charge in [0.05, 0.1) is 24.1 Å². The van der Waals surface area contributed by atoms with Gasteiger partial charge in [-0.25, -0.2) is 0 Å². The van der Waals surface area contributed by atoms with Crippen LogP contribution in [0.25, 0.3) is 0 Å². The predicted molar refractivity (Wildman–Crippen MR) is 77.1 cm³/mol. The van der Waals surface area contributed by atoms with Gasteiger partial charge in [-0.3, -0.25) is 14.9 Å². The molecule has 1 aromatic carbocycles. The first-order valence-electron chi connectivity index (χ1n) is 6.69. The number of benzene rings is 1. The number of carbonyl (C=O) groups excluding carboxylic acids is 1. The van der Waals surface area contributed by atoms with E-state index in [1.54, 1.807) is 0 Å². The lowest BCUT2D eigenvalue weighted by Gasteiger charge is -2.13. The number of ether oxygens (including phenoxy) is 1. The zero-order valence-electron chi connectivity index (χ0n) is 12.3. The summed E-state index contributed by atoms with van der Waals surface area (Å²) in [5, 5.41) is 23.1. The molecule has 1 amide bonds. The van der Waals surface area contributed by atoms with E-state index in [0.717, 1.165) is 0 Å². The summed E-state index contributed by atoms with van der Waals surface area (Å²) in [5.74, 6) is 0.207. The molecule has 0 saturated carbocycles. The van der Waals surface area contributed by atoms with Crippen molar-refractivity contribution in [2.45, 2.75) is 39.3 Å². The first-order chi connectivity index (χ1) is 9.81. The normalized spacial score (nSPS) is 12.0. The van der Waals surface area contributed by atoms with Gasteiger partial charge in [-0.15, -0.1) is 0 Å². The van der Waals surface area contributed by atoms with Gasteiger partial charge in [0.1, 0.15) is 5.75 Å². The summed E-state index contributed by atoms with van der Waals surface area (Å²) in [7, 11) is 0. The summed E-state index contributed by atoms with van der Waals surface area (Å²) in [6.45, 7) is 5.36. The molecule has 21 heavy (non-hydrogen) atoms. The Hall–Kier alpha value is -2.15. The molecule has 1 rings (SSSR count). The number of carbonyl (C=O) groups is 1. The number of nitrogens with zero attached hydrogens (tertiary/aromatic N) is 1. The molecule has 0 aliphatic heterocycles. The van der Waals surface area contributed by atoms with Crippen LogP contribution in [0.3, 0.4) is 0 Å². The number of nitrogens with one attached hydrogen (secondary N) is 1. The van der Waals surface area contributed by atoms with Crippen LogP contribution in [0.4, 0.5) is 5.69 Å². The number of hydrogen-bond acceptors (Lipinski definition) is 5. The molecular weight excluding hydrogens is 276 g/mol. The lowest BCUT2D eigenvalue weighted by atomic mass is 10.1. The fraction of sp³-hybridized carbons (Fsp3) is 0.500. The average Bonchev–Trinajstić information content (AvgIpc) is 2.37. The number of rotatable bonds is 7. The van der Waals surface area contributed by atoms with E-state index >= 15 is 0 Å². The van der Waals surface area contributed by atoms with E-state index in [4.69, 9.17) is 4.74 Å². The van der Waals surface area contributed by atoms with E-state index in [1.807, 2.05) is 13.8 Å². The molecule has 1 unspecified atom stereocenters. The molecular formula is C14H20N2O5. The maximum absolute atomic E-state index is 11.5. The summed E-state index contributed by atoms with van der Waals surface area (Å²) in [5.41, 5.74) is 0.212. The smallest absolute Gasteiger partial charge is 0.270 e. The van der Waals surface area contributed by atoms with Crippen LogP contribution in [0.5, 0.6) is 5.75 Å². The second-order valence-corrected chi connectivity index (χ2v) is 4.98. The molecule has 0 radical (unpaired) electrons. The zero-order valence-corrected chi connectivity index (χ0v) is 12.3. The lowest BCUT2D eigenvalue weighted by Crippen LogP contribution is -2.31. The van der Waals surface area contributed by atoms with Crippen molar-refractivity contribution in [1.82, 2.24) is 5.32 Å². The van der Waals surface area contributed by atoms with Crippen molar-refractivity contribution < 1.29 is 19.6 Å². The van der Waals surface area contributed by atoms with Gasteiger partial charge < -0.3 is 15.2 Å². The molecule has 0 spiro atoms. The van der Waals surface area contributed by atoms with E-state index in [9.17, 15) is 20.0 Å². The standard InChI is InChI=1S/C14H20N2O5/c1-9(2)15-14(18)6-7-21-13-5-4-11(16(19)20)8-12(13)10(3)17/h4-5,8-10,17H,6-7H2,1-3H3,(H,15,18). The van der Waals surface area contributed by atoms with Gasteiger partial charge in [0.25, 0.3) is 5.69 Å². The van der Waals surface area contributed by atoms with Gasteiger partial charge >= 0.3 is 0 Å². The van der Waals surface area contributed by atoms with E-state index in [2.05, 4.69) is 5.32 Å². The molecule has 1 aromatic rings. The first-order valence-corrected chi connectivity index (χ1v) is 6.69. The fourth-order valence-corrected chi connectivity index (χ4v) is 1.76. The van der Waals surface area contributed by atoms with Crippen LogP contribution in [-0.4, -0.2) is 28.6 Å². The third-order valence-electron chi connectivity index (χ3n) is 2.69. The molecule has 116 valence electrons. The summed E-state index contributed by atoms with van der Waals surface area (Å²) >= 11 is 0. The Morgan fingerprint density at radius 1 is 1.43 bits per heavy atom. The van der Waals surface area contributed by atoms with Gasteiger partial charge in [-0.1, -0.05) is 0 Å². The largest absolute Gasteiger partial charge is 0.493 e. The third-order valence-corrected chi connectivity index (χ3v) is 2.69. The summed E-state index contributed by atoms with van der Waals surface area (Å²) in [6, 6.07) is 4.06. The molecule has 0 fully saturated rings. The Bertz CT molecular complexity index is 514. The Kier molecular flexibility index (Phi) is 6.10. The Labute approximate surface area is 123 Å². The van der Waals surface area contributed by atoms with E-state index in [1.165, 1.54) is 25.1 Å². The minimum atomic E-state index is -0.899. The number of amides is 1. The molecule has 7 heteroatoms. The van der Waals surface area contributed by atoms with Gasteiger partial charge in [0.15, 0.2) is 0 Å². The number of nitro groups is 1. The van der Waals surface area contributed by atoms with Crippen LogP contribution in [0.1, 0.15) is 38.9 Å². The second-order valence-electron chi connectivity index (χ2n) is 4.98. The van der Waals surface area contributed by atoms with Crippen LogP contribution in [-0.2, 0) is 4.79 Å². The van der Waals surface area contributed by atoms with Crippen molar-refractivity contribution in [1.29, 1.82) is 0 Å². The van der Waals surface area contributed by atoms with Gasteiger partial charge in [0, 0.05) is 23.7 Å². The predicted octanol–water partition coefficient (Wildman–Crippen LogP) is 1.94. The molecule has 2 N–H and O–H groups in total. The molecule has 0 bridgehead atoms. The molecule has 0 aromatic heterocycles. The average molecular weight is 296 g/mol. The monoisotopic (exact) mass is 296 g/mol. The van der Waals surface area contributed by atoms with Crippen LogP contribution in [0.15, 0.2) is 18.2 Å². The first kappa shape index (κ1) is 16.9. The van der Waals surface area contributed by atoms with Crippen molar-refractivity contribution in [3.05, 3.63) is 33.9 Å². The van der Waals surface area contributed by atoms with Crippen molar-refractivity contribution in [3.63, 3.8) is 0 Å². The lowest BCUT2D eigenvalue weighted by molar-refractivity contribution is -0.385. The van der Waals surface area contributed by atoms with Crippen LogP contribution >= 0.6 is 0 Å². The molecule has 0 aliphatic carbocycles. The summed E-state index contributed by atoms with van der Waals surface area (Å²) < 4.78 is 5.44. The van der Waals surface area contributed by atoms with Gasteiger partial charge in [-0.05, 0) is 26.8 Å². The van der Waals surface area contributed by atoms with Crippen LogP contribution in [0.2, 0.25) is 0 Å². The molecule has 0 aliphatic rings. The zero-order chi connectivity index (χ0) is 16.0. The highest BCUT2D eigenvalue weighted by molar-refractivity contribution is 5.76. The Morgan fingerprint density at radius 3 is 2.62 bits per heavy atom. The maximum Gasteiger partial charge on any atom is 0.270 e. The molecule has 1 atom stereocenters. The highest BCUT2D eigenvalue weighted by Gasteiger charge is 2.15. The van der Waals surface area contributed by atoms with Crippen molar-refractivity contribution in [2.75, 3.05) is 6.61 Å². The molecule has 0 saturated heterocycles. The number of hydrogen-bond donors (Lipinski definition) is 2. The number of aliphatic hydroxyl groups excluding tert-OH is 1. The highest BCUT2D eigenvalue weighted by atomic mass is 16.6. The van der Waals surface area contributed by atoms with Gasteiger partial charge in [0.2, 0.25) is 5.91 Å². The SMILES string of the molecule is CC(C)NC(=O)CCOc1ccc([N+](=O)[O-])cc1C(C)O. The van der Waals surface area contributed by atoms with Crippen molar-refractivity contribution >= 4 is 11.6 Å². The number of aliphatic hydroxyl groups is 1. The summed E-state index contributed by atoms with van der Waals surface area (Å²) in [4.78, 5) is 21.7. The molecule has 0 heterocycles. The number of nitro benzene ring substituents is 1. The highest BCUT2D eigenvalue weighted by Crippen LogP contribution is 2.29. The van der Waals surface area contributed by atoms with E-state index in [0.29, 0.717) is 11.3 Å². The Morgan fingerprint density at radius 2 is 2.10 bits per heavy atom. The topological polar surface area (TPSA) is 102 Å². The van der Waals surface area contributed by atoms with Crippen molar-refractivity contribution in [3.8, 4) is 5.75 Å². The van der Waals surface area contributed by atoms with Crippen LogP contribution < -0.4 is 10.1 Å².